The maximum absolute atomic E-state index is 13.0. The van der Waals surface area contributed by atoms with Gasteiger partial charge in [-0.2, -0.15) is 13.2 Å². The molecule has 0 aromatic heterocycles. The molecule has 2 aliphatic rings. The van der Waals surface area contributed by atoms with Crippen molar-refractivity contribution < 1.29 is 22.7 Å². The number of carbonyl (C=O) groups excluding carboxylic acids is 1. The Morgan fingerprint density at radius 2 is 2.00 bits per heavy atom. The van der Waals surface area contributed by atoms with Crippen molar-refractivity contribution in [3.05, 3.63) is 46.2 Å². The third-order valence-electron chi connectivity index (χ3n) is 3.52. The lowest BCUT2D eigenvalue weighted by Gasteiger charge is -2.27. The van der Waals surface area contributed by atoms with Gasteiger partial charge in [-0.15, -0.1) is 0 Å². The Morgan fingerprint density at radius 1 is 1.20 bits per heavy atom. The number of aldehydes is 1. The summed E-state index contributed by atoms with van der Waals surface area (Å²) in [6.45, 7) is 0. The third kappa shape index (κ3) is 2.03. The molecule has 0 saturated carbocycles. The standard InChI is InChI=1S/C15H11F3O2/c16-15(17,18)12-5-2-6-13-11(12)7-9-3-1-4-10(8-19)14(9)20-13/h2,5-8H,1,3-4H2. The molecule has 0 amide bonds. The van der Waals surface area contributed by atoms with Gasteiger partial charge in [-0.1, -0.05) is 6.07 Å². The summed E-state index contributed by atoms with van der Waals surface area (Å²) in [5.74, 6) is 0.581. The third-order valence-corrected chi connectivity index (χ3v) is 3.52. The summed E-state index contributed by atoms with van der Waals surface area (Å²) in [5, 5.41) is 0. The minimum atomic E-state index is -4.42. The van der Waals surface area contributed by atoms with Crippen LogP contribution in [0.25, 0.3) is 6.08 Å². The van der Waals surface area contributed by atoms with Crippen LogP contribution in [0.15, 0.2) is 35.1 Å². The predicted molar refractivity (Wildman–Crippen MR) is 67.0 cm³/mol. The van der Waals surface area contributed by atoms with Crippen LogP contribution in [0.1, 0.15) is 30.4 Å². The molecule has 0 saturated heterocycles. The molecule has 0 spiro atoms. The van der Waals surface area contributed by atoms with Gasteiger partial charge in [-0.25, -0.2) is 0 Å². The minimum Gasteiger partial charge on any atom is -0.456 e. The Labute approximate surface area is 113 Å². The van der Waals surface area contributed by atoms with Crippen molar-refractivity contribution in [1.82, 2.24) is 0 Å². The van der Waals surface area contributed by atoms with E-state index in [1.807, 2.05) is 0 Å². The molecule has 2 nitrogen and oxygen atoms in total. The second kappa shape index (κ2) is 4.51. The van der Waals surface area contributed by atoms with Crippen LogP contribution < -0.4 is 4.74 Å². The van der Waals surface area contributed by atoms with Crippen LogP contribution in [-0.4, -0.2) is 6.29 Å². The molecule has 5 heteroatoms. The van der Waals surface area contributed by atoms with Gasteiger partial charge in [0.1, 0.15) is 17.8 Å². The molecule has 1 aromatic rings. The number of hydrogen-bond donors (Lipinski definition) is 0. The van der Waals surface area contributed by atoms with E-state index in [1.54, 1.807) is 0 Å². The lowest BCUT2D eigenvalue weighted by molar-refractivity contribution is -0.137. The minimum absolute atomic E-state index is 0.0471. The molecule has 0 N–H and O–H groups in total. The molecular formula is C15H11F3O2. The van der Waals surface area contributed by atoms with Gasteiger partial charge >= 0.3 is 6.18 Å². The average Bonchev–Trinajstić information content (AvgIpc) is 2.42. The highest BCUT2D eigenvalue weighted by Gasteiger charge is 2.36. The first-order valence-corrected chi connectivity index (χ1v) is 6.28. The lowest BCUT2D eigenvalue weighted by Crippen LogP contribution is -2.16. The van der Waals surface area contributed by atoms with E-state index in [0.717, 1.165) is 18.8 Å². The second-order valence-corrected chi connectivity index (χ2v) is 4.81. The molecule has 20 heavy (non-hydrogen) atoms. The van der Waals surface area contributed by atoms with Gasteiger partial charge in [-0.05, 0) is 43.0 Å². The zero-order valence-corrected chi connectivity index (χ0v) is 10.5. The molecule has 0 bridgehead atoms. The van der Waals surface area contributed by atoms with Gasteiger partial charge in [-0.3, -0.25) is 4.79 Å². The highest BCUT2D eigenvalue weighted by atomic mass is 19.4. The number of carbonyl (C=O) groups is 1. The summed E-state index contributed by atoms with van der Waals surface area (Å²) in [5.41, 5.74) is 0.527. The van der Waals surface area contributed by atoms with Crippen molar-refractivity contribution in [2.24, 2.45) is 0 Å². The van der Waals surface area contributed by atoms with Crippen LogP contribution in [-0.2, 0) is 11.0 Å². The first kappa shape index (κ1) is 13.0. The molecule has 0 atom stereocenters. The molecule has 0 fully saturated rings. The van der Waals surface area contributed by atoms with Crippen molar-refractivity contribution >= 4 is 12.4 Å². The monoisotopic (exact) mass is 280 g/mol. The van der Waals surface area contributed by atoms with Crippen molar-refractivity contribution in [2.45, 2.75) is 25.4 Å². The fraction of sp³-hybridized carbons (Fsp3) is 0.267. The van der Waals surface area contributed by atoms with Gasteiger partial charge in [0.25, 0.3) is 0 Å². The van der Waals surface area contributed by atoms with Gasteiger partial charge in [0.2, 0.25) is 0 Å². The zero-order valence-electron chi connectivity index (χ0n) is 10.5. The molecule has 1 heterocycles. The van der Waals surface area contributed by atoms with E-state index in [2.05, 4.69) is 0 Å². The highest BCUT2D eigenvalue weighted by molar-refractivity contribution is 5.80. The fourth-order valence-electron chi connectivity index (χ4n) is 2.60. The van der Waals surface area contributed by atoms with E-state index in [4.69, 9.17) is 4.74 Å². The SMILES string of the molecule is O=CC1=C2Oc3cccc(C(F)(F)F)c3C=C2CCC1. The van der Waals surface area contributed by atoms with E-state index in [1.165, 1.54) is 18.2 Å². The summed E-state index contributed by atoms with van der Waals surface area (Å²) in [6, 6.07) is 3.84. The Morgan fingerprint density at radius 3 is 2.70 bits per heavy atom. The van der Waals surface area contributed by atoms with Gasteiger partial charge in [0, 0.05) is 11.1 Å². The van der Waals surface area contributed by atoms with Gasteiger partial charge < -0.3 is 4.74 Å². The summed E-state index contributed by atoms with van der Waals surface area (Å²) >= 11 is 0. The summed E-state index contributed by atoms with van der Waals surface area (Å²) in [7, 11) is 0. The lowest BCUT2D eigenvalue weighted by atomic mass is 9.89. The van der Waals surface area contributed by atoms with E-state index < -0.39 is 11.7 Å². The fourth-order valence-corrected chi connectivity index (χ4v) is 2.60. The van der Waals surface area contributed by atoms with Crippen LogP contribution in [0.3, 0.4) is 0 Å². The number of rotatable bonds is 1. The van der Waals surface area contributed by atoms with Crippen molar-refractivity contribution in [3.63, 3.8) is 0 Å². The Hall–Kier alpha value is -2.04. The number of halogens is 3. The average molecular weight is 280 g/mol. The Bertz CT molecular complexity index is 639. The van der Waals surface area contributed by atoms with E-state index in [0.29, 0.717) is 29.7 Å². The number of ether oxygens (including phenoxy) is 1. The first-order valence-electron chi connectivity index (χ1n) is 6.28. The Kier molecular flexibility index (Phi) is 2.92. The van der Waals surface area contributed by atoms with Crippen LogP contribution in [0.4, 0.5) is 13.2 Å². The van der Waals surface area contributed by atoms with Crippen LogP contribution in [0.5, 0.6) is 5.75 Å². The maximum Gasteiger partial charge on any atom is 0.417 e. The van der Waals surface area contributed by atoms with Crippen LogP contribution in [0.2, 0.25) is 0 Å². The van der Waals surface area contributed by atoms with Crippen molar-refractivity contribution in [3.8, 4) is 5.75 Å². The first-order chi connectivity index (χ1) is 9.50. The summed E-state index contributed by atoms with van der Waals surface area (Å²) in [4.78, 5) is 11.0. The maximum atomic E-state index is 13.0. The molecule has 0 unspecified atom stereocenters. The van der Waals surface area contributed by atoms with E-state index >= 15 is 0 Å². The topological polar surface area (TPSA) is 26.3 Å². The van der Waals surface area contributed by atoms with Crippen LogP contribution in [0, 0.1) is 0 Å². The normalized spacial score (nSPS) is 17.9. The number of benzene rings is 1. The van der Waals surface area contributed by atoms with E-state index in [-0.39, 0.29) is 11.3 Å². The van der Waals surface area contributed by atoms with Crippen LogP contribution >= 0.6 is 0 Å². The molecular weight excluding hydrogens is 269 g/mol. The summed E-state index contributed by atoms with van der Waals surface area (Å²) in [6.07, 6.45) is -0.227. The molecule has 1 aromatic carbocycles. The molecule has 0 radical (unpaired) electrons. The molecule has 3 rings (SSSR count). The predicted octanol–water partition coefficient (Wildman–Crippen LogP) is 4.12. The largest absolute Gasteiger partial charge is 0.456 e. The van der Waals surface area contributed by atoms with Gasteiger partial charge in [0.15, 0.2) is 0 Å². The molecule has 1 aliphatic heterocycles. The number of fused-ring (bicyclic) bond motifs is 2. The summed E-state index contributed by atoms with van der Waals surface area (Å²) < 4.78 is 44.5. The zero-order chi connectivity index (χ0) is 14.3. The second-order valence-electron chi connectivity index (χ2n) is 4.81. The quantitative estimate of drug-likeness (QED) is 0.723. The molecule has 1 aliphatic carbocycles. The number of allylic oxidation sites excluding steroid dienone is 2. The molecule has 104 valence electrons. The Balaban J connectivity index is 2.19. The number of hydrogen-bond acceptors (Lipinski definition) is 2. The van der Waals surface area contributed by atoms with Crippen molar-refractivity contribution in [2.75, 3.05) is 0 Å². The smallest absolute Gasteiger partial charge is 0.417 e. The van der Waals surface area contributed by atoms with E-state index in [9.17, 15) is 18.0 Å². The number of alkyl halides is 3. The highest BCUT2D eigenvalue weighted by Crippen LogP contribution is 2.43. The van der Waals surface area contributed by atoms with Crippen molar-refractivity contribution in [1.29, 1.82) is 0 Å². The van der Waals surface area contributed by atoms with Gasteiger partial charge in [0.05, 0.1) is 5.56 Å².